The maximum Gasteiger partial charge on any atom is 0.453 e. The van der Waals surface area contributed by atoms with Crippen molar-refractivity contribution >= 4 is 5.91 Å². The van der Waals surface area contributed by atoms with E-state index in [0.29, 0.717) is 11.5 Å². The molecule has 4 rings (SSSR count). The molecule has 2 heterocycles. The monoisotopic (exact) mass is 424 g/mol. The van der Waals surface area contributed by atoms with Gasteiger partial charge < -0.3 is 14.8 Å². The summed E-state index contributed by atoms with van der Waals surface area (Å²) in [5.41, 5.74) is 0.724. The second-order valence-electron chi connectivity index (χ2n) is 7.64. The lowest BCUT2D eigenvalue weighted by Crippen LogP contribution is -2.29. The van der Waals surface area contributed by atoms with Gasteiger partial charge in [0.25, 0.3) is 5.82 Å². The van der Waals surface area contributed by atoms with Crippen LogP contribution in [0.3, 0.4) is 0 Å². The van der Waals surface area contributed by atoms with E-state index in [9.17, 15) is 18.0 Å². The Labute approximate surface area is 171 Å². The van der Waals surface area contributed by atoms with Crippen molar-refractivity contribution in [2.45, 2.75) is 63.7 Å². The Kier molecular flexibility index (Phi) is 5.57. The molecule has 1 aromatic heterocycles. The van der Waals surface area contributed by atoms with Crippen LogP contribution in [-0.4, -0.2) is 27.5 Å². The zero-order valence-electron chi connectivity index (χ0n) is 16.5. The Bertz CT molecular complexity index is 923. The van der Waals surface area contributed by atoms with Gasteiger partial charge in [-0.3, -0.25) is 4.79 Å². The molecule has 1 aliphatic carbocycles. The number of ether oxygens (including phenoxy) is 2. The first-order valence-corrected chi connectivity index (χ1v) is 10.0. The lowest BCUT2D eigenvalue weighted by Gasteiger charge is -2.23. The van der Waals surface area contributed by atoms with E-state index in [1.807, 2.05) is 0 Å². The predicted octanol–water partition coefficient (Wildman–Crippen LogP) is 3.95. The van der Waals surface area contributed by atoms with Gasteiger partial charge in [0.1, 0.15) is 5.82 Å². The average Bonchev–Trinajstić information content (AvgIpc) is 3.38. The van der Waals surface area contributed by atoms with Gasteiger partial charge in [-0.1, -0.05) is 25.3 Å². The number of rotatable bonds is 5. The molecule has 1 aliphatic heterocycles. The Hall–Kier alpha value is -2.78. The minimum atomic E-state index is -4.63. The third-order valence-electron chi connectivity index (χ3n) is 5.59. The fourth-order valence-electron chi connectivity index (χ4n) is 3.87. The fraction of sp³-hybridized carbons (Fsp3) is 0.550. The van der Waals surface area contributed by atoms with Gasteiger partial charge in [-0.2, -0.15) is 13.2 Å². The highest BCUT2D eigenvalue weighted by Crippen LogP contribution is 2.35. The van der Waals surface area contributed by atoms with Crippen LogP contribution in [0.4, 0.5) is 13.2 Å². The highest BCUT2D eigenvalue weighted by atomic mass is 19.4. The quantitative estimate of drug-likeness (QED) is 0.786. The highest BCUT2D eigenvalue weighted by molar-refractivity contribution is 5.83. The lowest BCUT2D eigenvalue weighted by atomic mass is 9.95. The van der Waals surface area contributed by atoms with Crippen LogP contribution in [-0.2, 0) is 17.5 Å². The van der Waals surface area contributed by atoms with Crippen molar-refractivity contribution < 1.29 is 27.4 Å². The molecule has 0 bridgehead atoms. The van der Waals surface area contributed by atoms with E-state index in [1.54, 1.807) is 25.1 Å². The number of alkyl halides is 3. The zero-order chi connectivity index (χ0) is 21.3. The molecule has 10 heteroatoms. The molecule has 2 aliphatic rings. The molecule has 1 atom stereocenters. The summed E-state index contributed by atoms with van der Waals surface area (Å²) >= 11 is 0. The molecule has 162 valence electrons. The van der Waals surface area contributed by atoms with Crippen LogP contribution in [0.2, 0.25) is 0 Å². The van der Waals surface area contributed by atoms with Gasteiger partial charge in [0, 0.05) is 0 Å². The molecule has 1 fully saturated rings. The van der Waals surface area contributed by atoms with Gasteiger partial charge in [-0.05, 0) is 37.5 Å². The summed E-state index contributed by atoms with van der Waals surface area (Å²) in [6, 6.07) is 5.11. The van der Waals surface area contributed by atoms with Crippen molar-refractivity contribution in [3.8, 4) is 11.5 Å². The SMILES string of the molecule is CC(C(=O)NCc1nc(C(F)(F)F)nn1C1CCCCC1)c1ccc2c(c1)OCO2. The molecular formula is C20H23F3N4O3. The number of carbonyl (C=O) groups excluding carboxylic acids is 1. The van der Waals surface area contributed by atoms with E-state index >= 15 is 0 Å². The number of aromatic nitrogens is 3. The number of halogens is 3. The Morgan fingerprint density at radius 3 is 2.70 bits per heavy atom. The Balaban J connectivity index is 1.48. The van der Waals surface area contributed by atoms with Gasteiger partial charge in [-0.15, -0.1) is 5.10 Å². The molecule has 2 aromatic rings. The van der Waals surface area contributed by atoms with Gasteiger partial charge in [0.15, 0.2) is 11.5 Å². The van der Waals surface area contributed by atoms with Crippen molar-refractivity contribution in [3.05, 3.63) is 35.4 Å². The molecule has 1 amide bonds. The van der Waals surface area contributed by atoms with Crippen LogP contribution in [0.25, 0.3) is 0 Å². The van der Waals surface area contributed by atoms with Gasteiger partial charge >= 0.3 is 6.18 Å². The molecule has 30 heavy (non-hydrogen) atoms. The second kappa shape index (κ2) is 8.16. The molecule has 0 radical (unpaired) electrons. The highest BCUT2D eigenvalue weighted by Gasteiger charge is 2.38. The molecular weight excluding hydrogens is 401 g/mol. The van der Waals surface area contributed by atoms with E-state index in [4.69, 9.17) is 9.47 Å². The first-order chi connectivity index (χ1) is 14.3. The Morgan fingerprint density at radius 2 is 1.97 bits per heavy atom. The molecule has 1 unspecified atom stereocenters. The summed E-state index contributed by atoms with van der Waals surface area (Å²) in [5.74, 6) is -0.694. The zero-order valence-corrected chi connectivity index (χ0v) is 16.5. The van der Waals surface area contributed by atoms with Crippen LogP contribution < -0.4 is 14.8 Å². The van der Waals surface area contributed by atoms with Gasteiger partial charge in [0.2, 0.25) is 12.7 Å². The largest absolute Gasteiger partial charge is 0.454 e. The third-order valence-corrected chi connectivity index (χ3v) is 5.59. The van der Waals surface area contributed by atoms with Crippen molar-refractivity contribution in [3.63, 3.8) is 0 Å². The summed E-state index contributed by atoms with van der Waals surface area (Å²) in [5, 5.41) is 6.43. The summed E-state index contributed by atoms with van der Waals surface area (Å²) in [6.45, 7) is 1.74. The van der Waals surface area contributed by atoms with E-state index in [1.165, 1.54) is 4.68 Å². The first kappa shape index (κ1) is 20.5. The maximum atomic E-state index is 13.2. The molecule has 1 N–H and O–H groups in total. The molecule has 7 nitrogen and oxygen atoms in total. The van der Waals surface area contributed by atoms with E-state index < -0.39 is 17.9 Å². The fourth-order valence-corrected chi connectivity index (χ4v) is 3.87. The normalized spacial score (nSPS) is 17.7. The second-order valence-corrected chi connectivity index (χ2v) is 7.64. The number of hydrogen-bond donors (Lipinski definition) is 1. The van der Waals surface area contributed by atoms with Gasteiger partial charge in [-0.25, -0.2) is 9.67 Å². The minimum Gasteiger partial charge on any atom is -0.454 e. The smallest absolute Gasteiger partial charge is 0.453 e. The van der Waals surface area contributed by atoms with Crippen LogP contribution in [0, 0.1) is 0 Å². The van der Waals surface area contributed by atoms with Crippen LogP contribution in [0.1, 0.15) is 68.2 Å². The van der Waals surface area contributed by atoms with Crippen LogP contribution in [0.15, 0.2) is 18.2 Å². The summed E-state index contributed by atoms with van der Waals surface area (Å²) < 4.78 is 51.4. The number of nitrogens with zero attached hydrogens (tertiary/aromatic N) is 3. The summed E-state index contributed by atoms with van der Waals surface area (Å²) in [4.78, 5) is 16.3. The van der Waals surface area contributed by atoms with Crippen LogP contribution in [0.5, 0.6) is 11.5 Å². The number of carbonyl (C=O) groups is 1. The van der Waals surface area contributed by atoms with Crippen molar-refractivity contribution in [2.75, 3.05) is 6.79 Å². The number of nitrogens with one attached hydrogen (secondary N) is 1. The van der Waals surface area contributed by atoms with Crippen molar-refractivity contribution in [2.24, 2.45) is 0 Å². The van der Waals surface area contributed by atoms with E-state index in [-0.39, 0.29) is 31.1 Å². The number of amides is 1. The standard InChI is InChI=1S/C20H23F3N4O3/c1-12(13-7-8-15-16(9-13)30-11-29-15)18(28)24-10-17-25-19(20(21,22)23)26-27(17)14-5-3-2-4-6-14/h7-9,12,14H,2-6,10-11H2,1H3,(H,24,28). The van der Waals surface area contributed by atoms with E-state index in [0.717, 1.165) is 37.7 Å². The molecule has 1 aromatic carbocycles. The molecule has 1 saturated carbocycles. The van der Waals surface area contributed by atoms with Gasteiger partial charge in [0.05, 0.1) is 18.5 Å². The predicted molar refractivity (Wildman–Crippen MR) is 100.0 cm³/mol. The molecule has 0 spiro atoms. The number of fused-ring (bicyclic) bond motifs is 1. The van der Waals surface area contributed by atoms with Crippen LogP contribution >= 0.6 is 0 Å². The number of benzene rings is 1. The number of hydrogen-bond acceptors (Lipinski definition) is 5. The maximum absolute atomic E-state index is 13.2. The van der Waals surface area contributed by atoms with Crippen molar-refractivity contribution in [1.82, 2.24) is 20.1 Å². The van der Waals surface area contributed by atoms with Crippen molar-refractivity contribution in [1.29, 1.82) is 0 Å². The minimum absolute atomic E-state index is 0.118. The summed E-state index contributed by atoms with van der Waals surface area (Å²) in [7, 11) is 0. The summed E-state index contributed by atoms with van der Waals surface area (Å²) in [6.07, 6.45) is -0.156. The average molecular weight is 424 g/mol. The van der Waals surface area contributed by atoms with E-state index in [2.05, 4.69) is 15.4 Å². The third kappa shape index (κ3) is 4.22. The first-order valence-electron chi connectivity index (χ1n) is 10.0. The lowest BCUT2D eigenvalue weighted by molar-refractivity contribution is -0.145. The molecule has 0 saturated heterocycles. The topological polar surface area (TPSA) is 78.3 Å². The Morgan fingerprint density at radius 1 is 1.23 bits per heavy atom.